The highest BCUT2D eigenvalue weighted by Gasteiger charge is 2.20. The van der Waals surface area contributed by atoms with E-state index < -0.39 is 10.0 Å². The minimum atomic E-state index is -3.50. The Balaban J connectivity index is 2.15. The van der Waals surface area contributed by atoms with Crippen molar-refractivity contribution in [3.05, 3.63) is 64.3 Å². The Kier molecular flexibility index (Phi) is 4.21. The van der Waals surface area contributed by atoms with Crippen LogP contribution in [-0.2, 0) is 15.8 Å². The highest BCUT2D eigenvalue weighted by Crippen LogP contribution is 2.36. The fourth-order valence-electron chi connectivity index (χ4n) is 2.67. The summed E-state index contributed by atoms with van der Waals surface area (Å²) < 4.78 is 33.1. The van der Waals surface area contributed by atoms with Crippen LogP contribution in [0.2, 0.25) is 0 Å². The molecule has 2 aromatic carbocycles. The summed E-state index contributed by atoms with van der Waals surface area (Å²) in [5, 5.41) is 0.818. The fourth-order valence-corrected chi connectivity index (χ4v) is 4.79. The summed E-state index contributed by atoms with van der Waals surface area (Å²) in [6.45, 7) is 1.88. The summed E-state index contributed by atoms with van der Waals surface area (Å²) in [7, 11) is -1.91. The number of benzene rings is 2. The molecule has 120 valence electrons. The third-order valence-corrected chi connectivity index (χ3v) is 6.16. The van der Waals surface area contributed by atoms with Crippen LogP contribution in [0.1, 0.15) is 11.1 Å². The third kappa shape index (κ3) is 2.88. The molecule has 0 aliphatic rings. The minimum absolute atomic E-state index is 0.0410. The van der Waals surface area contributed by atoms with Crippen LogP contribution in [0.5, 0.6) is 5.75 Å². The van der Waals surface area contributed by atoms with E-state index >= 15 is 0 Å². The number of methoxy groups -OCH3 is 1. The van der Waals surface area contributed by atoms with Crippen molar-refractivity contribution in [2.75, 3.05) is 7.11 Å². The van der Waals surface area contributed by atoms with Crippen LogP contribution in [0.4, 0.5) is 0 Å². The van der Waals surface area contributed by atoms with E-state index in [1.165, 1.54) is 3.97 Å². The van der Waals surface area contributed by atoms with Gasteiger partial charge in [0.15, 0.2) is 0 Å². The predicted octanol–water partition coefficient (Wildman–Crippen LogP) is 4.10. The molecular weight excluding hydrogens is 378 g/mol. The lowest BCUT2D eigenvalue weighted by molar-refractivity contribution is 0.412. The van der Waals surface area contributed by atoms with Crippen molar-refractivity contribution < 1.29 is 13.2 Å². The van der Waals surface area contributed by atoms with Crippen molar-refractivity contribution in [3.8, 4) is 5.75 Å². The Morgan fingerprint density at radius 2 is 1.87 bits per heavy atom. The number of halogens is 1. The number of fused-ring (bicyclic) bond motifs is 1. The first-order valence-electron chi connectivity index (χ1n) is 7.05. The monoisotopic (exact) mass is 393 g/mol. The lowest BCUT2D eigenvalue weighted by atomic mass is 10.1. The normalized spacial score (nSPS) is 11.8. The molecule has 3 rings (SSSR count). The van der Waals surface area contributed by atoms with E-state index in [2.05, 4.69) is 15.9 Å². The fraction of sp³-hybridized carbons (Fsp3) is 0.176. The first-order chi connectivity index (χ1) is 10.9. The molecule has 0 amide bonds. The van der Waals surface area contributed by atoms with Gasteiger partial charge in [0.2, 0.25) is 10.0 Å². The summed E-state index contributed by atoms with van der Waals surface area (Å²) in [5.74, 6) is 0.647. The molecule has 1 aromatic heterocycles. The van der Waals surface area contributed by atoms with Gasteiger partial charge in [0.25, 0.3) is 0 Å². The smallest absolute Gasteiger partial charge is 0.243 e. The van der Waals surface area contributed by atoms with Crippen molar-refractivity contribution in [1.82, 2.24) is 3.97 Å². The van der Waals surface area contributed by atoms with Gasteiger partial charge in [0.05, 0.1) is 22.9 Å². The average molecular weight is 394 g/mol. The zero-order chi connectivity index (χ0) is 16.6. The predicted molar refractivity (Wildman–Crippen MR) is 95.4 cm³/mol. The van der Waals surface area contributed by atoms with E-state index in [0.29, 0.717) is 11.3 Å². The quantitative estimate of drug-likeness (QED) is 0.670. The van der Waals surface area contributed by atoms with Gasteiger partial charge in [-0.25, -0.2) is 12.4 Å². The van der Waals surface area contributed by atoms with Crippen molar-refractivity contribution >= 4 is 36.9 Å². The largest absolute Gasteiger partial charge is 0.496 e. The molecule has 0 bridgehead atoms. The summed E-state index contributed by atoms with van der Waals surface area (Å²) in [6, 6.07) is 12.8. The van der Waals surface area contributed by atoms with Crippen LogP contribution in [-0.4, -0.2) is 19.5 Å². The van der Waals surface area contributed by atoms with Gasteiger partial charge in [0, 0.05) is 11.6 Å². The standard InChI is InChI=1S/C17H16BrNO3S/c1-12-10-15(22-2)16(18)14-8-9-19(17(12)14)23(20,21)11-13-6-4-3-5-7-13/h3-10H,11H2,1-2H3. The zero-order valence-corrected chi connectivity index (χ0v) is 15.2. The summed E-state index contributed by atoms with van der Waals surface area (Å²) in [6.07, 6.45) is 1.60. The number of aryl methyl sites for hydroxylation is 1. The topological polar surface area (TPSA) is 48.3 Å². The number of hydrogen-bond donors (Lipinski definition) is 0. The average Bonchev–Trinajstić information content (AvgIpc) is 2.98. The van der Waals surface area contributed by atoms with Crippen molar-refractivity contribution in [1.29, 1.82) is 0 Å². The Hall–Kier alpha value is -1.79. The molecule has 0 fully saturated rings. The van der Waals surface area contributed by atoms with Gasteiger partial charge in [-0.2, -0.15) is 0 Å². The number of nitrogens with zero attached hydrogens (tertiary/aromatic N) is 1. The Bertz CT molecular complexity index is 962. The molecule has 0 aliphatic heterocycles. The van der Waals surface area contributed by atoms with E-state index in [0.717, 1.165) is 21.0 Å². The molecule has 0 unspecified atom stereocenters. The van der Waals surface area contributed by atoms with E-state index in [4.69, 9.17) is 4.74 Å². The van der Waals surface area contributed by atoms with Crippen LogP contribution in [0.15, 0.2) is 53.1 Å². The first kappa shape index (κ1) is 16.1. The maximum Gasteiger partial charge on any atom is 0.243 e. The Labute approximate surface area is 143 Å². The van der Waals surface area contributed by atoms with E-state index in [9.17, 15) is 8.42 Å². The molecule has 0 spiro atoms. The van der Waals surface area contributed by atoms with Gasteiger partial charge in [-0.15, -0.1) is 0 Å². The van der Waals surface area contributed by atoms with Crippen LogP contribution >= 0.6 is 15.9 Å². The Morgan fingerprint density at radius 3 is 2.52 bits per heavy atom. The summed E-state index contributed by atoms with van der Waals surface area (Å²) in [5.41, 5.74) is 2.29. The maximum atomic E-state index is 12.8. The van der Waals surface area contributed by atoms with Crippen molar-refractivity contribution in [2.45, 2.75) is 12.7 Å². The van der Waals surface area contributed by atoms with Crippen LogP contribution in [0.25, 0.3) is 10.9 Å². The van der Waals surface area contributed by atoms with Crippen LogP contribution < -0.4 is 4.74 Å². The zero-order valence-electron chi connectivity index (χ0n) is 12.8. The van der Waals surface area contributed by atoms with Gasteiger partial charge < -0.3 is 4.74 Å². The van der Waals surface area contributed by atoms with Crippen molar-refractivity contribution in [3.63, 3.8) is 0 Å². The second-order valence-electron chi connectivity index (χ2n) is 5.33. The van der Waals surface area contributed by atoms with Crippen molar-refractivity contribution in [2.24, 2.45) is 0 Å². The SMILES string of the molecule is COc1cc(C)c2c(ccn2S(=O)(=O)Cc2ccccc2)c1Br. The van der Waals surface area contributed by atoms with Gasteiger partial charge in [0.1, 0.15) is 5.75 Å². The highest BCUT2D eigenvalue weighted by atomic mass is 79.9. The van der Waals surface area contributed by atoms with E-state index in [-0.39, 0.29) is 5.75 Å². The van der Waals surface area contributed by atoms with Crippen LogP contribution in [0, 0.1) is 6.92 Å². The van der Waals surface area contributed by atoms with Gasteiger partial charge >= 0.3 is 0 Å². The molecule has 0 aliphatic carbocycles. The third-order valence-electron chi connectivity index (χ3n) is 3.74. The molecule has 0 N–H and O–H groups in total. The number of rotatable bonds is 4. The number of hydrogen-bond acceptors (Lipinski definition) is 3. The minimum Gasteiger partial charge on any atom is -0.496 e. The molecule has 1 heterocycles. The lowest BCUT2D eigenvalue weighted by Gasteiger charge is -2.12. The molecule has 4 nitrogen and oxygen atoms in total. The maximum absolute atomic E-state index is 12.8. The molecule has 3 aromatic rings. The lowest BCUT2D eigenvalue weighted by Crippen LogP contribution is -2.14. The van der Waals surface area contributed by atoms with E-state index in [1.807, 2.05) is 43.3 Å². The summed E-state index contributed by atoms with van der Waals surface area (Å²) in [4.78, 5) is 0. The highest BCUT2D eigenvalue weighted by molar-refractivity contribution is 9.10. The molecule has 0 atom stereocenters. The summed E-state index contributed by atoms with van der Waals surface area (Å²) >= 11 is 3.49. The molecule has 0 saturated carbocycles. The molecule has 23 heavy (non-hydrogen) atoms. The first-order valence-corrected chi connectivity index (χ1v) is 9.45. The van der Waals surface area contributed by atoms with Gasteiger partial charge in [-0.3, -0.25) is 0 Å². The van der Waals surface area contributed by atoms with Crippen LogP contribution in [0.3, 0.4) is 0 Å². The molecule has 0 radical (unpaired) electrons. The second-order valence-corrected chi connectivity index (χ2v) is 7.96. The van der Waals surface area contributed by atoms with E-state index in [1.54, 1.807) is 19.4 Å². The van der Waals surface area contributed by atoms with Gasteiger partial charge in [-0.05, 0) is 46.1 Å². The molecule has 6 heteroatoms. The van der Waals surface area contributed by atoms with Gasteiger partial charge in [-0.1, -0.05) is 30.3 Å². The molecular formula is C17H16BrNO3S. The Morgan fingerprint density at radius 1 is 1.17 bits per heavy atom. The number of ether oxygens (including phenoxy) is 1. The number of aromatic nitrogens is 1. The molecule has 0 saturated heterocycles. The second kappa shape index (κ2) is 6.02.